The van der Waals surface area contributed by atoms with E-state index in [-0.39, 0.29) is 11.5 Å². The Bertz CT molecular complexity index is 1410. The molecule has 0 spiro atoms. The van der Waals surface area contributed by atoms with Crippen LogP contribution in [0.5, 0.6) is 5.75 Å². The molecule has 4 aromatic rings. The summed E-state index contributed by atoms with van der Waals surface area (Å²) in [6, 6.07) is 15.9. The van der Waals surface area contributed by atoms with Crippen molar-refractivity contribution in [3.8, 4) is 17.0 Å². The third kappa shape index (κ3) is 4.19. The summed E-state index contributed by atoms with van der Waals surface area (Å²) >= 11 is 0. The minimum Gasteiger partial charge on any atom is -0.497 e. The maximum absolute atomic E-state index is 13.1. The van der Waals surface area contributed by atoms with Gasteiger partial charge in [-0.2, -0.15) is 5.10 Å². The number of methoxy groups -OCH3 is 1. The van der Waals surface area contributed by atoms with Gasteiger partial charge in [0.1, 0.15) is 5.75 Å². The number of carbonyl (C=O) groups is 1. The number of hydrogen-bond acceptors (Lipinski definition) is 6. The smallest absolute Gasteiger partial charge is 0.234 e. The molecule has 2 aromatic carbocycles. The fourth-order valence-corrected chi connectivity index (χ4v) is 4.82. The minimum atomic E-state index is -3.40. The zero-order chi connectivity index (χ0) is 23.6. The minimum absolute atomic E-state index is 0.0144. The molecule has 0 atom stereocenters. The van der Waals surface area contributed by atoms with Crippen molar-refractivity contribution in [3.05, 3.63) is 78.1 Å². The predicted molar refractivity (Wildman–Crippen MR) is 127 cm³/mol. The second-order valence-electron chi connectivity index (χ2n) is 7.30. The van der Waals surface area contributed by atoms with Crippen molar-refractivity contribution in [3.63, 3.8) is 0 Å². The van der Waals surface area contributed by atoms with E-state index in [4.69, 9.17) is 4.74 Å². The highest BCUT2D eigenvalue weighted by Crippen LogP contribution is 2.27. The maximum atomic E-state index is 13.1. The molecule has 8 nitrogen and oxygen atoms in total. The van der Waals surface area contributed by atoms with Gasteiger partial charge >= 0.3 is 0 Å². The van der Waals surface area contributed by atoms with E-state index >= 15 is 0 Å². The summed E-state index contributed by atoms with van der Waals surface area (Å²) in [7, 11) is -1.83. The summed E-state index contributed by atoms with van der Waals surface area (Å²) in [5, 5.41) is 4.41. The van der Waals surface area contributed by atoms with E-state index in [9.17, 15) is 13.2 Å². The van der Waals surface area contributed by atoms with E-state index in [1.807, 2.05) is 6.07 Å². The molecule has 0 N–H and O–H groups in total. The van der Waals surface area contributed by atoms with Crippen LogP contribution in [0.3, 0.4) is 0 Å². The van der Waals surface area contributed by atoms with Gasteiger partial charge in [0.25, 0.3) is 0 Å². The molecule has 0 aliphatic rings. The molecule has 2 heterocycles. The summed E-state index contributed by atoms with van der Waals surface area (Å²) in [4.78, 5) is 17.5. The fraction of sp³-hybridized carbons (Fsp3) is 0.208. The Labute approximate surface area is 192 Å². The van der Waals surface area contributed by atoms with Gasteiger partial charge < -0.3 is 4.74 Å². The van der Waals surface area contributed by atoms with E-state index in [0.717, 1.165) is 5.56 Å². The summed E-state index contributed by atoms with van der Waals surface area (Å²) in [6.07, 6.45) is 3.12. The van der Waals surface area contributed by atoms with Crippen LogP contribution in [-0.2, 0) is 10.0 Å². The SMILES string of the molecule is CCN(c1cccc(-c2ccnc3c(C(=O)c4ccc(OC)cc4)cnn23)c1)S(=O)(=O)CC. The van der Waals surface area contributed by atoms with E-state index < -0.39 is 10.0 Å². The Morgan fingerprint density at radius 3 is 2.52 bits per heavy atom. The number of rotatable bonds is 8. The molecule has 0 saturated heterocycles. The predicted octanol–water partition coefficient (Wildman–Crippen LogP) is 3.81. The Kier molecular flexibility index (Phi) is 6.15. The fourth-order valence-electron chi connectivity index (χ4n) is 3.68. The summed E-state index contributed by atoms with van der Waals surface area (Å²) in [5.41, 5.74) is 3.33. The highest BCUT2D eigenvalue weighted by atomic mass is 32.2. The van der Waals surface area contributed by atoms with Gasteiger partial charge in [0.2, 0.25) is 10.0 Å². The van der Waals surface area contributed by atoms with E-state index in [1.165, 1.54) is 10.5 Å². The van der Waals surface area contributed by atoms with E-state index in [1.54, 1.807) is 80.2 Å². The lowest BCUT2D eigenvalue weighted by Crippen LogP contribution is -2.32. The highest BCUT2D eigenvalue weighted by molar-refractivity contribution is 7.92. The quantitative estimate of drug-likeness (QED) is 0.368. The molecule has 0 aliphatic carbocycles. The van der Waals surface area contributed by atoms with Gasteiger partial charge in [0, 0.05) is 23.9 Å². The Morgan fingerprint density at radius 2 is 1.85 bits per heavy atom. The lowest BCUT2D eigenvalue weighted by atomic mass is 10.1. The Hall–Kier alpha value is -3.72. The van der Waals surface area contributed by atoms with Crippen molar-refractivity contribution >= 4 is 27.1 Å². The third-order valence-electron chi connectivity index (χ3n) is 5.42. The molecule has 33 heavy (non-hydrogen) atoms. The number of fused-ring (bicyclic) bond motifs is 1. The largest absolute Gasteiger partial charge is 0.497 e. The number of ether oxygens (including phenoxy) is 1. The van der Waals surface area contributed by atoms with Crippen LogP contribution in [0.1, 0.15) is 29.8 Å². The average molecular weight is 465 g/mol. The molecule has 0 saturated carbocycles. The molecule has 0 aliphatic heterocycles. The zero-order valence-electron chi connectivity index (χ0n) is 18.6. The van der Waals surface area contributed by atoms with Gasteiger partial charge in [0.15, 0.2) is 11.4 Å². The maximum Gasteiger partial charge on any atom is 0.234 e. The van der Waals surface area contributed by atoms with Crippen LogP contribution < -0.4 is 9.04 Å². The molecule has 0 bridgehead atoms. The molecular weight excluding hydrogens is 440 g/mol. The number of aromatic nitrogens is 3. The number of anilines is 1. The number of hydrogen-bond donors (Lipinski definition) is 0. The van der Waals surface area contributed by atoms with Crippen molar-refractivity contribution in [1.29, 1.82) is 0 Å². The molecule has 0 fully saturated rings. The van der Waals surface area contributed by atoms with Gasteiger partial charge in [-0.3, -0.25) is 9.10 Å². The summed E-state index contributed by atoms with van der Waals surface area (Å²) < 4.78 is 33.1. The van der Waals surface area contributed by atoms with Crippen LogP contribution in [0.25, 0.3) is 16.9 Å². The topological polar surface area (TPSA) is 93.9 Å². The molecular formula is C24H24N4O4S. The lowest BCUT2D eigenvalue weighted by molar-refractivity contribution is 0.104. The third-order valence-corrected chi connectivity index (χ3v) is 7.29. The molecule has 0 amide bonds. The van der Waals surface area contributed by atoms with Crippen LogP contribution in [-0.4, -0.2) is 48.2 Å². The molecule has 2 aromatic heterocycles. The van der Waals surface area contributed by atoms with Crippen molar-refractivity contribution in [2.75, 3.05) is 23.7 Å². The van der Waals surface area contributed by atoms with Crippen molar-refractivity contribution < 1.29 is 17.9 Å². The number of nitrogens with zero attached hydrogens (tertiary/aromatic N) is 4. The Balaban J connectivity index is 1.76. The molecule has 4 rings (SSSR count). The second-order valence-corrected chi connectivity index (χ2v) is 9.48. The van der Waals surface area contributed by atoms with Gasteiger partial charge in [-0.15, -0.1) is 0 Å². The van der Waals surface area contributed by atoms with Crippen molar-refractivity contribution in [1.82, 2.24) is 14.6 Å². The van der Waals surface area contributed by atoms with Crippen LogP contribution in [0, 0.1) is 0 Å². The second kappa shape index (κ2) is 9.03. The van der Waals surface area contributed by atoms with Crippen LogP contribution in [0.4, 0.5) is 5.69 Å². The molecule has 9 heteroatoms. The van der Waals surface area contributed by atoms with E-state index in [0.29, 0.717) is 40.4 Å². The molecule has 0 radical (unpaired) electrons. The van der Waals surface area contributed by atoms with Crippen LogP contribution in [0.15, 0.2) is 67.0 Å². The van der Waals surface area contributed by atoms with Gasteiger partial charge in [-0.1, -0.05) is 12.1 Å². The highest BCUT2D eigenvalue weighted by Gasteiger charge is 2.21. The first-order chi connectivity index (χ1) is 15.9. The van der Waals surface area contributed by atoms with Crippen LogP contribution in [0.2, 0.25) is 0 Å². The molecule has 0 unspecified atom stereocenters. The first-order valence-corrected chi connectivity index (χ1v) is 12.1. The monoisotopic (exact) mass is 464 g/mol. The number of benzene rings is 2. The van der Waals surface area contributed by atoms with Gasteiger partial charge in [0.05, 0.1) is 36.0 Å². The van der Waals surface area contributed by atoms with E-state index in [2.05, 4.69) is 10.1 Å². The number of sulfonamides is 1. The lowest BCUT2D eigenvalue weighted by Gasteiger charge is -2.22. The normalized spacial score (nSPS) is 11.5. The average Bonchev–Trinajstić information content (AvgIpc) is 3.28. The van der Waals surface area contributed by atoms with Crippen molar-refractivity contribution in [2.24, 2.45) is 0 Å². The van der Waals surface area contributed by atoms with Crippen LogP contribution >= 0.6 is 0 Å². The van der Waals surface area contributed by atoms with Crippen molar-refractivity contribution in [2.45, 2.75) is 13.8 Å². The summed E-state index contributed by atoms with van der Waals surface area (Å²) in [5.74, 6) is 0.482. The number of ketones is 1. The number of carbonyl (C=O) groups excluding carboxylic acids is 1. The summed E-state index contributed by atoms with van der Waals surface area (Å²) in [6.45, 7) is 3.75. The first-order valence-electron chi connectivity index (χ1n) is 10.5. The Morgan fingerprint density at radius 1 is 1.09 bits per heavy atom. The zero-order valence-corrected chi connectivity index (χ0v) is 19.4. The van der Waals surface area contributed by atoms with Gasteiger partial charge in [-0.05, 0) is 56.3 Å². The molecule has 170 valence electrons. The van der Waals surface area contributed by atoms with Gasteiger partial charge in [-0.25, -0.2) is 17.9 Å². The first kappa shape index (κ1) is 22.5. The standard InChI is InChI=1S/C24H24N4O4S/c1-4-27(33(30,31)5-2)19-8-6-7-18(15-19)22-13-14-25-24-21(16-26-28(22)24)23(29)17-9-11-20(32-3)12-10-17/h6-16H,4-5H2,1-3H3.